The van der Waals surface area contributed by atoms with Gasteiger partial charge >= 0.3 is 0 Å². The molecule has 0 aliphatic heterocycles. The van der Waals surface area contributed by atoms with Gasteiger partial charge in [-0.2, -0.15) is 0 Å². The summed E-state index contributed by atoms with van der Waals surface area (Å²) >= 11 is 0. The topological polar surface area (TPSA) is 44.7 Å². The predicted molar refractivity (Wildman–Crippen MR) is 77.3 cm³/mol. The van der Waals surface area contributed by atoms with Gasteiger partial charge in [0.25, 0.3) is 0 Å². The number of aliphatic hydroxyl groups excluding tert-OH is 1. The lowest BCUT2D eigenvalue weighted by Crippen LogP contribution is -2.63. The van der Waals surface area contributed by atoms with Crippen molar-refractivity contribution < 1.29 is 9.84 Å². The van der Waals surface area contributed by atoms with Gasteiger partial charge in [-0.15, -0.1) is 0 Å². The molecule has 2 rings (SSSR count). The first-order chi connectivity index (χ1) is 9.08. The lowest BCUT2D eigenvalue weighted by Gasteiger charge is -2.54. The first-order valence-electron chi connectivity index (χ1n) is 7.76. The fourth-order valence-electron chi connectivity index (χ4n) is 3.94. The molecular weight excluding hydrogens is 240 g/mol. The van der Waals surface area contributed by atoms with Gasteiger partial charge in [0, 0.05) is 31.2 Å². The van der Waals surface area contributed by atoms with Crippen LogP contribution >= 0.6 is 0 Å². The Hall–Kier alpha value is -0.160. The van der Waals surface area contributed by atoms with Crippen LogP contribution in [-0.2, 0) is 4.74 Å². The fraction of sp³-hybridized carbons (Fsp3) is 1.00. The maximum absolute atomic E-state index is 9.95. The average Bonchev–Trinajstić information content (AvgIpc) is 2.83. The zero-order valence-corrected chi connectivity index (χ0v) is 12.7. The van der Waals surface area contributed by atoms with Gasteiger partial charge in [0.15, 0.2) is 0 Å². The van der Waals surface area contributed by atoms with Crippen molar-refractivity contribution in [1.82, 2.24) is 10.2 Å². The van der Waals surface area contributed by atoms with E-state index < -0.39 is 0 Å². The molecule has 0 heterocycles. The molecule has 0 aromatic carbocycles. The van der Waals surface area contributed by atoms with Gasteiger partial charge < -0.3 is 20.1 Å². The third-order valence-corrected chi connectivity index (χ3v) is 4.86. The summed E-state index contributed by atoms with van der Waals surface area (Å²) in [5.74, 6) is 0. The summed E-state index contributed by atoms with van der Waals surface area (Å²) in [6.45, 7) is 4.33. The monoisotopic (exact) mass is 270 g/mol. The molecule has 112 valence electrons. The second kappa shape index (κ2) is 6.53. The Kier molecular flexibility index (Phi) is 5.23. The van der Waals surface area contributed by atoms with E-state index in [1.54, 1.807) is 0 Å². The standard InChI is InChI=1S/C15H30N2O2/c1-4-19-14-9-13(15(14)7-5-6-8-15)16-10-12(18)11-17(2)3/h12-14,16,18H,4-11H2,1-3H3. The molecule has 2 aliphatic carbocycles. The Morgan fingerprint density at radius 3 is 2.63 bits per heavy atom. The highest BCUT2D eigenvalue weighted by Gasteiger charge is 2.56. The van der Waals surface area contributed by atoms with Crippen molar-refractivity contribution in [3.8, 4) is 0 Å². The average molecular weight is 270 g/mol. The van der Waals surface area contributed by atoms with Crippen molar-refractivity contribution in [2.45, 2.75) is 57.3 Å². The third-order valence-electron chi connectivity index (χ3n) is 4.86. The minimum atomic E-state index is -0.278. The molecule has 19 heavy (non-hydrogen) atoms. The minimum Gasteiger partial charge on any atom is -0.390 e. The van der Waals surface area contributed by atoms with E-state index in [-0.39, 0.29) is 6.10 Å². The molecule has 2 fully saturated rings. The summed E-state index contributed by atoms with van der Waals surface area (Å²) in [6.07, 6.45) is 6.54. The summed E-state index contributed by atoms with van der Waals surface area (Å²) in [6, 6.07) is 0.545. The lowest BCUT2D eigenvalue weighted by molar-refractivity contribution is -0.131. The van der Waals surface area contributed by atoms with Gasteiger partial charge in [-0.3, -0.25) is 0 Å². The maximum atomic E-state index is 9.95. The maximum Gasteiger partial charge on any atom is 0.0791 e. The quantitative estimate of drug-likeness (QED) is 0.730. The van der Waals surface area contributed by atoms with E-state index >= 15 is 0 Å². The summed E-state index contributed by atoms with van der Waals surface area (Å²) in [4.78, 5) is 2.03. The van der Waals surface area contributed by atoms with Crippen LogP contribution in [0, 0.1) is 5.41 Å². The van der Waals surface area contributed by atoms with Gasteiger partial charge in [-0.25, -0.2) is 0 Å². The smallest absolute Gasteiger partial charge is 0.0791 e. The summed E-state index contributed by atoms with van der Waals surface area (Å²) in [7, 11) is 3.99. The van der Waals surface area contributed by atoms with E-state index in [2.05, 4.69) is 12.2 Å². The van der Waals surface area contributed by atoms with Gasteiger partial charge in [0.05, 0.1) is 12.2 Å². The Balaban J connectivity index is 1.81. The number of likely N-dealkylation sites (N-methyl/N-ethyl adjacent to an activating group) is 1. The minimum absolute atomic E-state index is 0.278. The second-order valence-corrected chi connectivity index (χ2v) is 6.50. The number of nitrogens with one attached hydrogen (secondary N) is 1. The molecule has 0 aromatic heterocycles. The second-order valence-electron chi connectivity index (χ2n) is 6.50. The third kappa shape index (κ3) is 3.30. The molecule has 2 N–H and O–H groups in total. The number of ether oxygens (including phenoxy) is 1. The van der Waals surface area contributed by atoms with Crippen LogP contribution in [0.25, 0.3) is 0 Å². The van der Waals surface area contributed by atoms with Crippen molar-refractivity contribution in [2.75, 3.05) is 33.8 Å². The molecular formula is C15H30N2O2. The van der Waals surface area contributed by atoms with E-state index in [4.69, 9.17) is 4.74 Å². The van der Waals surface area contributed by atoms with Crippen LogP contribution < -0.4 is 5.32 Å². The van der Waals surface area contributed by atoms with E-state index in [0.29, 0.717) is 24.1 Å². The van der Waals surface area contributed by atoms with Crippen molar-refractivity contribution in [3.05, 3.63) is 0 Å². The van der Waals surface area contributed by atoms with Crippen molar-refractivity contribution in [3.63, 3.8) is 0 Å². The summed E-state index contributed by atoms with van der Waals surface area (Å²) < 4.78 is 5.91. The molecule has 0 amide bonds. The highest BCUT2D eigenvalue weighted by Crippen LogP contribution is 2.54. The molecule has 3 atom stereocenters. The van der Waals surface area contributed by atoms with Crippen LogP contribution in [0.15, 0.2) is 0 Å². The van der Waals surface area contributed by atoms with Crippen molar-refractivity contribution in [1.29, 1.82) is 0 Å². The highest BCUT2D eigenvalue weighted by atomic mass is 16.5. The first kappa shape index (κ1) is 15.2. The Labute approximate surface area is 117 Å². The normalized spacial score (nSPS) is 30.8. The van der Waals surface area contributed by atoms with E-state index in [1.165, 1.54) is 25.7 Å². The van der Waals surface area contributed by atoms with E-state index in [0.717, 1.165) is 19.6 Å². The molecule has 4 heteroatoms. The Morgan fingerprint density at radius 2 is 2.05 bits per heavy atom. The molecule has 0 aromatic rings. The number of rotatable bonds is 7. The van der Waals surface area contributed by atoms with Crippen molar-refractivity contribution >= 4 is 0 Å². The first-order valence-corrected chi connectivity index (χ1v) is 7.76. The van der Waals surface area contributed by atoms with Gasteiger partial charge in [-0.05, 0) is 40.3 Å². The van der Waals surface area contributed by atoms with Crippen LogP contribution in [0.5, 0.6) is 0 Å². The molecule has 2 saturated carbocycles. The number of hydrogen-bond acceptors (Lipinski definition) is 4. The van der Waals surface area contributed by atoms with Crippen LogP contribution in [0.3, 0.4) is 0 Å². The number of nitrogens with zero attached hydrogens (tertiary/aromatic N) is 1. The Bertz CT molecular complexity index is 277. The molecule has 0 bridgehead atoms. The molecule has 0 saturated heterocycles. The van der Waals surface area contributed by atoms with Gasteiger partial charge in [0.2, 0.25) is 0 Å². The zero-order valence-electron chi connectivity index (χ0n) is 12.7. The van der Waals surface area contributed by atoms with Crippen LogP contribution in [0.4, 0.5) is 0 Å². The SMILES string of the molecule is CCOC1CC(NCC(O)CN(C)C)C12CCCC2. The largest absolute Gasteiger partial charge is 0.390 e. The van der Waals surface area contributed by atoms with E-state index in [9.17, 15) is 5.11 Å². The molecule has 4 nitrogen and oxygen atoms in total. The molecule has 2 aliphatic rings. The van der Waals surface area contributed by atoms with Crippen LogP contribution in [0.1, 0.15) is 39.0 Å². The summed E-state index contributed by atoms with van der Waals surface area (Å²) in [5, 5.41) is 13.5. The lowest BCUT2D eigenvalue weighted by atomic mass is 9.60. The zero-order chi connectivity index (χ0) is 13.9. The molecule has 0 radical (unpaired) electrons. The highest BCUT2D eigenvalue weighted by molar-refractivity contribution is 5.10. The van der Waals surface area contributed by atoms with Crippen LogP contribution in [0.2, 0.25) is 0 Å². The fourth-order valence-corrected chi connectivity index (χ4v) is 3.94. The van der Waals surface area contributed by atoms with E-state index in [1.807, 2.05) is 19.0 Å². The molecule has 1 spiro atoms. The van der Waals surface area contributed by atoms with Gasteiger partial charge in [0.1, 0.15) is 0 Å². The number of hydrogen-bond donors (Lipinski definition) is 2. The predicted octanol–water partition coefficient (Wildman–Crippen LogP) is 1.24. The van der Waals surface area contributed by atoms with Gasteiger partial charge in [-0.1, -0.05) is 12.8 Å². The molecule has 3 unspecified atom stereocenters. The summed E-state index contributed by atoms with van der Waals surface area (Å²) in [5.41, 5.74) is 0.369. The Morgan fingerprint density at radius 1 is 1.37 bits per heavy atom. The number of aliphatic hydroxyl groups is 1. The van der Waals surface area contributed by atoms with Crippen LogP contribution in [-0.4, -0.2) is 62.0 Å². The van der Waals surface area contributed by atoms with Crippen molar-refractivity contribution in [2.24, 2.45) is 5.41 Å².